The summed E-state index contributed by atoms with van der Waals surface area (Å²) in [7, 11) is 0. The van der Waals surface area contributed by atoms with Crippen LogP contribution in [-0.2, 0) is 20.1 Å². The first-order valence-corrected chi connectivity index (χ1v) is 5.66. The molecule has 19 heavy (non-hydrogen) atoms. The number of aromatic nitrogens is 4. The van der Waals surface area contributed by atoms with Gasteiger partial charge in [0.05, 0.1) is 5.82 Å². The van der Waals surface area contributed by atoms with Gasteiger partial charge in [-0.2, -0.15) is 5.10 Å². The van der Waals surface area contributed by atoms with E-state index in [0.717, 1.165) is 22.9 Å². The molecule has 0 saturated heterocycles. The number of aryl methyl sites for hydroxylation is 1. The molecule has 4 nitrogen and oxygen atoms in total. The number of rotatable bonds is 2. The van der Waals surface area contributed by atoms with Crippen LogP contribution in [0.15, 0.2) is 48.8 Å². The van der Waals surface area contributed by atoms with Gasteiger partial charge in [0.25, 0.3) is 0 Å². The minimum Gasteiger partial charge on any atom is -0.360 e. The van der Waals surface area contributed by atoms with E-state index in [4.69, 9.17) is 0 Å². The van der Waals surface area contributed by atoms with Crippen molar-refractivity contribution in [2.24, 2.45) is 0 Å². The molecule has 5 heteroatoms. The third-order valence-corrected chi connectivity index (χ3v) is 2.68. The Labute approximate surface area is 124 Å². The van der Waals surface area contributed by atoms with Crippen LogP contribution in [-0.4, -0.2) is 19.7 Å². The van der Waals surface area contributed by atoms with Crippen LogP contribution >= 0.6 is 0 Å². The Morgan fingerprint density at radius 2 is 1.89 bits per heavy atom. The summed E-state index contributed by atoms with van der Waals surface area (Å²) in [6.45, 7) is 1.93. The number of hydrogen-bond acceptors (Lipinski definition) is 3. The van der Waals surface area contributed by atoms with Crippen molar-refractivity contribution in [1.82, 2.24) is 19.7 Å². The predicted octanol–water partition coefficient (Wildman–Crippen LogP) is 2.44. The second-order valence-electron chi connectivity index (χ2n) is 3.89. The molecule has 3 aromatic rings. The van der Waals surface area contributed by atoms with Crippen LogP contribution in [0.4, 0.5) is 0 Å². The van der Waals surface area contributed by atoms with Gasteiger partial charge in [0.15, 0.2) is 0 Å². The van der Waals surface area contributed by atoms with Crippen molar-refractivity contribution in [2.45, 2.75) is 6.92 Å². The molecule has 0 unspecified atom stereocenters. The Hall–Kier alpha value is -1.84. The molecule has 1 radical (unpaired) electrons. The molecule has 3 rings (SSSR count). The normalized spacial score (nSPS) is 9.95. The zero-order valence-electron chi connectivity index (χ0n) is 10.2. The van der Waals surface area contributed by atoms with E-state index >= 15 is 0 Å². The average Bonchev–Trinajstić information content (AvgIpc) is 2.83. The SMILES string of the molecule is Cc1nnc(-c2[c-]ccnc2)n1-c1ccccc1.[Ir]. The van der Waals surface area contributed by atoms with E-state index in [2.05, 4.69) is 21.2 Å². The molecule has 1 aromatic carbocycles. The Balaban J connectivity index is 0.00000133. The summed E-state index contributed by atoms with van der Waals surface area (Å²) >= 11 is 0. The summed E-state index contributed by atoms with van der Waals surface area (Å²) in [6, 6.07) is 14.9. The molecule has 0 aliphatic rings. The summed E-state index contributed by atoms with van der Waals surface area (Å²) in [5.74, 6) is 1.60. The van der Waals surface area contributed by atoms with E-state index in [-0.39, 0.29) is 20.1 Å². The van der Waals surface area contributed by atoms with Crippen LogP contribution < -0.4 is 0 Å². The molecule has 0 fully saturated rings. The van der Waals surface area contributed by atoms with E-state index in [1.165, 1.54) is 0 Å². The third kappa shape index (κ3) is 2.62. The largest absolute Gasteiger partial charge is 0.360 e. The van der Waals surface area contributed by atoms with Gasteiger partial charge < -0.3 is 9.55 Å². The van der Waals surface area contributed by atoms with Gasteiger partial charge in [-0.05, 0) is 19.1 Å². The minimum absolute atomic E-state index is 0. The topological polar surface area (TPSA) is 43.6 Å². The fraction of sp³-hybridized carbons (Fsp3) is 0.0714. The van der Waals surface area contributed by atoms with Crippen LogP contribution in [0.25, 0.3) is 17.1 Å². The van der Waals surface area contributed by atoms with Crippen LogP contribution in [0.5, 0.6) is 0 Å². The Kier molecular flexibility index (Phi) is 4.20. The molecule has 2 aromatic heterocycles. The maximum atomic E-state index is 4.20. The first kappa shape index (κ1) is 13.6. The smallest absolute Gasteiger partial charge is 0.125 e. The molecular weight excluding hydrogens is 416 g/mol. The van der Waals surface area contributed by atoms with Gasteiger partial charge in [-0.15, -0.1) is 17.2 Å². The fourth-order valence-corrected chi connectivity index (χ4v) is 1.87. The number of para-hydroxylation sites is 1. The summed E-state index contributed by atoms with van der Waals surface area (Å²) < 4.78 is 1.99. The Bertz CT molecular complexity index is 650. The maximum Gasteiger partial charge on any atom is 0.125 e. The van der Waals surface area contributed by atoms with Gasteiger partial charge in [0.1, 0.15) is 5.82 Å². The van der Waals surface area contributed by atoms with Crippen molar-refractivity contribution >= 4 is 0 Å². The van der Waals surface area contributed by atoms with Crippen molar-refractivity contribution in [3.63, 3.8) is 0 Å². The zero-order chi connectivity index (χ0) is 12.4. The average molecular weight is 427 g/mol. The van der Waals surface area contributed by atoms with E-state index in [1.54, 1.807) is 18.5 Å². The second-order valence-corrected chi connectivity index (χ2v) is 3.89. The molecule has 0 aliphatic heterocycles. The van der Waals surface area contributed by atoms with Gasteiger partial charge in [0.2, 0.25) is 0 Å². The standard InChI is InChI=1S/C14H11N4.Ir/c1-11-16-17-14(12-6-5-9-15-10-12)18(11)13-7-3-2-4-8-13;/h2-5,7-10H,1H3;/q-1;. The molecule has 0 spiro atoms. The maximum absolute atomic E-state index is 4.20. The van der Waals surface area contributed by atoms with Crippen LogP contribution in [0.2, 0.25) is 0 Å². The Morgan fingerprint density at radius 3 is 2.58 bits per heavy atom. The molecule has 0 amide bonds. The monoisotopic (exact) mass is 428 g/mol. The summed E-state index contributed by atoms with van der Waals surface area (Å²) in [5.41, 5.74) is 1.87. The minimum atomic E-state index is 0. The molecule has 0 saturated carbocycles. The van der Waals surface area contributed by atoms with E-state index in [0.29, 0.717) is 0 Å². The number of benzene rings is 1. The molecule has 2 heterocycles. The molecular formula is C14H11IrN4-. The van der Waals surface area contributed by atoms with Gasteiger partial charge in [-0.1, -0.05) is 36.2 Å². The van der Waals surface area contributed by atoms with E-state index in [1.807, 2.05) is 41.8 Å². The zero-order valence-corrected chi connectivity index (χ0v) is 12.6. The fourth-order valence-electron chi connectivity index (χ4n) is 1.87. The first-order valence-electron chi connectivity index (χ1n) is 5.66. The molecule has 0 bridgehead atoms. The summed E-state index contributed by atoms with van der Waals surface area (Å²) in [4.78, 5) is 4.09. The summed E-state index contributed by atoms with van der Waals surface area (Å²) in [5, 5.41) is 8.34. The van der Waals surface area contributed by atoms with Crippen molar-refractivity contribution in [2.75, 3.05) is 0 Å². The number of hydrogen-bond donors (Lipinski definition) is 0. The molecule has 0 N–H and O–H groups in total. The molecule has 0 atom stereocenters. The van der Waals surface area contributed by atoms with Crippen LogP contribution in [0.3, 0.4) is 0 Å². The predicted molar refractivity (Wildman–Crippen MR) is 68.2 cm³/mol. The molecule has 97 valence electrons. The quantitative estimate of drug-likeness (QED) is 0.590. The second kappa shape index (κ2) is 5.87. The van der Waals surface area contributed by atoms with Crippen LogP contribution in [0.1, 0.15) is 5.82 Å². The third-order valence-electron chi connectivity index (χ3n) is 2.68. The first-order chi connectivity index (χ1) is 8.86. The number of pyridine rings is 1. The summed E-state index contributed by atoms with van der Waals surface area (Å²) in [6.07, 6.45) is 3.43. The van der Waals surface area contributed by atoms with Gasteiger partial charge in [0, 0.05) is 25.8 Å². The van der Waals surface area contributed by atoms with Crippen molar-refractivity contribution < 1.29 is 20.1 Å². The van der Waals surface area contributed by atoms with Gasteiger partial charge in [-0.3, -0.25) is 0 Å². The number of nitrogens with zero attached hydrogens (tertiary/aromatic N) is 4. The van der Waals surface area contributed by atoms with Crippen molar-refractivity contribution in [1.29, 1.82) is 0 Å². The van der Waals surface area contributed by atoms with E-state index < -0.39 is 0 Å². The van der Waals surface area contributed by atoms with E-state index in [9.17, 15) is 0 Å². The van der Waals surface area contributed by atoms with Gasteiger partial charge in [-0.25, -0.2) is 0 Å². The van der Waals surface area contributed by atoms with Crippen LogP contribution in [0, 0.1) is 13.0 Å². The molecule has 0 aliphatic carbocycles. The van der Waals surface area contributed by atoms with Gasteiger partial charge >= 0.3 is 0 Å². The van der Waals surface area contributed by atoms with Crippen molar-refractivity contribution in [3.8, 4) is 17.1 Å². The van der Waals surface area contributed by atoms with Crippen molar-refractivity contribution in [3.05, 3.63) is 60.7 Å². The Morgan fingerprint density at radius 1 is 1.11 bits per heavy atom.